The predicted octanol–water partition coefficient (Wildman–Crippen LogP) is 6.56. The summed E-state index contributed by atoms with van der Waals surface area (Å²) in [5.74, 6) is 0.726. The van der Waals surface area contributed by atoms with E-state index < -0.39 is 0 Å². The second kappa shape index (κ2) is 11.3. The number of halogens is 1. The average molecular weight is 511 g/mol. The summed E-state index contributed by atoms with van der Waals surface area (Å²) in [6.07, 6.45) is 12.4. The van der Waals surface area contributed by atoms with Crippen molar-refractivity contribution in [2.75, 3.05) is 20.2 Å². The molecule has 0 N–H and O–H groups in total. The number of piperidine rings is 1. The Labute approximate surface area is 216 Å². The summed E-state index contributed by atoms with van der Waals surface area (Å²) in [4.78, 5) is 14.1. The number of allylic oxidation sites excluding steroid dienone is 1. The van der Waals surface area contributed by atoms with Crippen LogP contribution in [0.2, 0.25) is 5.02 Å². The number of rotatable bonds is 8. The number of pyridine rings is 1. The number of imidazole rings is 1. The Morgan fingerprint density at radius 2 is 2.03 bits per heavy atom. The van der Waals surface area contributed by atoms with Crippen molar-refractivity contribution in [2.24, 2.45) is 5.92 Å². The van der Waals surface area contributed by atoms with Crippen LogP contribution in [0.4, 0.5) is 0 Å². The fraction of sp³-hybridized carbons (Fsp3) is 0.407. The maximum absolute atomic E-state index is 6.49. The molecule has 1 saturated heterocycles. The van der Waals surface area contributed by atoms with E-state index in [2.05, 4.69) is 50.4 Å². The van der Waals surface area contributed by atoms with Gasteiger partial charge in [0.2, 0.25) is 0 Å². The standard InChI is InChI=1S/C27H31ClN4O2S/c1-19-17-31(18-30-19)12-4-5-21-15-22-16-23(28)7-8-24(22)26(27-25(21)6-3-11-29-27)20-9-13-32(14-10-20)35-34-33-2/h3,6-8,11,15-18,20,26H,4-5,9-10,12-14H2,1-2H3. The number of aromatic nitrogens is 3. The molecule has 3 heterocycles. The third-order valence-corrected chi connectivity index (χ3v) is 8.00. The largest absolute Gasteiger partial charge is 0.337 e. The molecule has 0 saturated carbocycles. The molecule has 1 aliphatic heterocycles. The highest BCUT2D eigenvalue weighted by Gasteiger charge is 2.34. The zero-order valence-electron chi connectivity index (χ0n) is 20.2. The second-order valence-corrected chi connectivity index (χ2v) is 10.5. The van der Waals surface area contributed by atoms with Gasteiger partial charge in [0.1, 0.15) is 12.2 Å². The molecule has 1 aromatic carbocycles. The number of aryl methyl sites for hydroxylation is 2. The summed E-state index contributed by atoms with van der Waals surface area (Å²) < 4.78 is 9.48. The van der Waals surface area contributed by atoms with Gasteiger partial charge in [0.15, 0.2) is 0 Å². The fourth-order valence-corrected chi connectivity index (χ4v) is 6.08. The van der Waals surface area contributed by atoms with Gasteiger partial charge < -0.3 is 4.57 Å². The monoisotopic (exact) mass is 510 g/mol. The van der Waals surface area contributed by atoms with E-state index in [0.29, 0.717) is 5.92 Å². The summed E-state index contributed by atoms with van der Waals surface area (Å²) in [7, 11) is 1.54. The maximum atomic E-state index is 6.49. The molecule has 5 rings (SSSR count). The highest BCUT2D eigenvalue weighted by Crippen LogP contribution is 2.45. The van der Waals surface area contributed by atoms with Crippen molar-refractivity contribution in [1.82, 2.24) is 18.8 Å². The molecule has 0 bridgehead atoms. The Morgan fingerprint density at radius 1 is 1.17 bits per heavy atom. The highest BCUT2D eigenvalue weighted by atomic mass is 35.5. The maximum Gasteiger partial charge on any atom is 0.121 e. The molecule has 1 fully saturated rings. The number of nitrogens with zero attached hydrogens (tertiary/aromatic N) is 4. The lowest BCUT2D eigenvalue weighted by atomic mass is 9.76. The van der Waals surface area contributed by atoms with Crippen LogP contribution < -0.4 is 0 Å². The van der Waals surface area contributed by atoms with Crippen LogP contribution >= 0.6 is 23.8 Å². The molecule has 35 heavy (non-hydrogen) atoms. The fourth-order valence-electron chi connectivity index (χ4n) is 5.39. The third kappa shape index (κ3) is 5.65. The lowest BCUT2D eigenvalue weighted by Crippen LogP contribution is -2.32. The number of hydrogen-bond acceptors (Lipinski definition) is 6. The van der Waals surface area contributed by atoms with E-state index in [-0.39, 0.29) is 5.92 Å². The zero-order valence-corrected chi connectivity index (χ0v) is 21.8. The Balaban J connectivity index is 1.44. The Hall–Kier alpha value is -2.16. The quantitative estimate of drug-likeness (QED) is 0.148. The highest BCUT2D eigenvalue weighted by molar-refractivity contribution is 7.92. The van der Waals surface area contributed by atoms with Gasteiger partial charge in [0.05, 0.1) is 24.8 Å². The molecule has 1 aliphatic carbocycles. The van der Waals surface area contributed by atoms with Crippen molar-refractivity contribution in [3.63, 3.8) is 0 Å². The summed E-state index contributed by atoms with van der Waals surface area (Å²) in [5, 5.41) is 0.772. The molecule has 0 spiro atoms. The van der Waals surface area contributed by atoms with Gasteiger partial charge in [-0.25, -0.2) is 14.2 Å². The first-order chi connectivity index (χ1) is 17.1. The molecule has 184 valence electrons. The van der Waals surface area contributed by atoms with Crippen molar-refractivity contribution >= 4 is 35.5 Å². The van der Waals surface area contributed by atoms with Crippen LogP contribution in [0.1, 0.15) is 59.7 Å². The van der Waals surface area contributed by atoms with E-state index in [4.69, 9.17) is 25.8 Å². The molecule has 0 amide bonds. The number of benzene rings is 1. The molecular weight excluding hydrogens is 480 g/mol. The van der Waals surface area contributed by atoms with Gasteiger partial charge in [-0.2, -0.15) is 0 Å². The van der Waals surface area contributed by atoms with Crippen molar-refractivity contribution < 1.29 is 9.22 Å². The molecule has 2 aliphatic rings. The topological polar surface area (TPSA) is 52.4 Å². The van der Waals surface area contributed by atoms with Crippen molar-refractivity contribution in [2.45, 2.75) is 45.1 Å². The van der Waals surface area contributed by atoms with E-state index in [1.54, 1.807) is 0 Å². The van der Waals surface area contributed by atoms with Gasteiger partial charge >= 0.3 is 0 Å². The lowest BCUT2D eigenvalue weighted by Gasteiger charge is -2.35. The molecule has 1 unspecified atom stereocenters. The summed E-state index contributed by atoms with van der Waals surface area (Å²) in [5.41, 5.74) is 7.39. The van der Waals surface area contributed by atoms with Gasteiger partial charge in [0, 0.05) is 43.0 Å². The van der Waals surface area contributed by atoms with Crippen LogP contribution in [0.3, 0.4) is 0 Å². The van der Waals surface area contributed by atoms with E-state index in [9.17, 15) is 0 Å². The molecule has 0 radical (unpaired) electrons. The summed E-state index contributed by atoms with van der Waals surface area (Å²) in [6.45, 7) is 4.87. The number of hydrogen-bond donors (Lipinski definition) is 0. The third-order valence-electron chi connectivity index (χ3n) is 6.99. The van der Waals surface area contributed by atoms with Crippen LogP contribution in [-0.4, -0.2) is 39.0 Å². The van der Waals surface area contributed by atoms with Gasteiger partial charge in [-0.15, -0.1) is 4.33 Å². The van der Waals surface area contributed by atoms with Crippen LogP contribution in [-0.2, 0) is 15.8 Å². The van der Waals surface area contributed by atoms with E-state index >= 15 is 0 Å². The van der Waals surface area contributed by atoms with E-state index in [0.717, 1.165) is 56.0 Å². The normalized spacial score (nSPS) is 18.6. The van der Waals surface area contributed by atoms with Crippen molar-refractivity contribution in [3.8, 4) is 0 Å². The first kappa shape index (κ1) is 24.5. The predicted molar refractivity (Wildman–Crippen MR) is 142 cm³/mol. The Kier molecular flexibility index (Phi) is 7.90. The summed E-state index contributed by atoms with van der Waals surface area (Å²) in [6, 6.07) is 10.7. The van der Waals surface area contributed by atoms with Gasteiger partial charge in [0.25, 0.3) is 0 Å². The second-order valence-electron chi connectivity index (χ2n) is 9.29. The minimum absolute atomic E-state index is 0.235. The van der Waals surface area contributed by atoms with Crippen LogP contribution in [0.25, 0.3) is 11.6 Å². The minimum Gasteiger partial charge on any atom is -0.337 e. The molecule has 1 atom stereocenters. The van der Waals surface area contributed by atoms with Crippen molar-refractivity contribution in [1.29, 1.82) is 0 Å². The minimum atomic E-state index is 0.235. The molecule has 6 nitrogen and oxygen atoms in total. The van der Waals surface area contributed by atoms with E-state index in [1.807, 2.05) is 25.5 Å². The zero-order chi connectivity index (χ0) is 24.2. The number of fused-ring (bicyclic) bond motifs is 2. The van der Waals surface area contributed by atoms with Gasteiger partial charge in [-0.05, 0) is 79.0 Å². The Bertz CT molecular complexity index is 1190. The van der Waals surface area contributed by atoms with E-state index in [1.165, 1.54) is 47.3 Å². The van der Waals surface area contributed by atoms with Crippen LogP contribution in [0, 0.1) is 12.8 Å². The first-order valence-electron chi connectivity index (χ1n) is 12.2. The van der Waals surface area contributed by atoms with Crippen molar-refractivity contribution in [3.05, 3.63) is 82.2 Å². The summed E-state index contributed by atoms with van der Waals surface area (Å²) >= 11 is 7.78. The Morgan fingerprint density at radius 3 is 2.80 bits per heavy atom. The molecule has 8 heteroatoms. The smallest absolute Gasteiger partial charge is 0.121 e. The van der Waals surface area contributed by atoms with Crippen LogP contribution in [0.15, 0.2) is 49.1 Å². The average Bonchev–Trinajstić information content (AvgIpc) is 3.23. The van der Waals surface area contributed by atoms with Gasteiger partial charge in [-0.3, -0.25) is 4.98 Å². The lowest BCUT2D eigenvalue weighted by molar-refractivity contribution is -0.163. The van der Waals surface area contributed by atoms with Gasteiger partial charge in [-0.1, -0.05) is 29.8 Å². The molecule has 3 aromatic rings. The molecular formula is C27H31ClN4O2S. The van der Waals surface area contributed by atoms with Crippen LogP contribution in [0.5, 0.6) is 0 Å². The molecule has 2 aromatic heterocycles. The SMILES string of the molecule is COOSN1CCC(C2c3ccc(Cl)cc3C=C(CCCn3cnc(C)c3)c3cccnc32)CC1. The first-order valence-corrected chi connectivity index (χ1v) is 13.3.